The largest absolute Gasteiger partial charge is 0.337 e. The second kappa shape index (κ2) is 10.7. The van der Waals surface area contributed by atoms with Crippen LogP contribution < -0.4 is 0 Å². The van der Waals surface area contributed by atoms with Gasteiger partial charge in [0, 0.05) is 43.0 Å². The van der Waals surface area contributed by atoms with Gasteiger partial charge in [-0.05, 0) is 72.7 Å². The summed E-state index contributed by atoms with van der Waals surface area (Å²) in [6.45, 7) is 6.58. The fourth-order valence-corrected chi connectivity index (χ4v) is 5.02. The molecule has 1 amide bonds. The Morgan fingerprint density at radius 1 is 1.03 bits per heavy atom. The van der Waals surface area contributed by atoms with Crippen molar-refractivity contribution >= 4 is 17.5 Å². The first-order valence-corrected chi connectivity index (χ1v) is 12.5. The van der Waals surface area contributed by atoms with E-state index in [2.05, 4.69) is 49.0 Å². The average Bonchev–Trinajstić information content (AvgIpc) is 2.83. The molecule has 4 nitrogen and oxygen atoms in total. The van der Waals surface area contributed by atoms with Crippen LogP contribution in [0.25, 0.3) is 11.1 Å². The molecule has 3 aromatic rings. The summed E-state index contributed by atoms with van der Waals surface area (Å²) in [6.07, 6.45) is 4.63. The minimum absolute atomic E-state index is 0.0250. The molecule has 1 unspecified atom stereocenters. The smallest absolute Gasteiger partial charge is 0.272 e. The maximum atomic E-state index is 13.2. The topological polar surface area (TPSA) is 36.4 Å². The molecule has 0 radical (unpaired) electrons. The molecule has 0 saturated heterocycles. The normalized spacial score (nSPS) is 15.4. The van der Waals surface area contributed by atoms with E-state index in [1.807, 2.05) is 48.3 Å². The summed E-state index contributed by atoms with van der Waals surface area (Å²) in [5.41, 5.74) is 6.64. The molecule has 0 spiro atoms. The van der Waals surface area contributed by atoms with Crippen LogP contribution in [0.3, 0.4) is 0 Å². The van der Waals surface area contributed by atoms with Gasteiger partial charge in [-0.2, -0.15) is 0 Å². The summed E-state index contributed by atoms with van der Waals surface area (Å²) in [7, 11) is 4.09. The number of benzene rings is 2. The first-order valence-electron chi connectivity index (χ1n) is 12.1. The third kappa shape index (κ3) is 5.86. The van der Waals surface area contributed by atoms with Crippen LogP contribution in [0.2, 0.25) is 5.02 Å². The summed E-state index contributed by atoms with van der Waals surface area (Å²) >= 11 is 5.98. The van der Waals surface area contributed by atoms with Crippen LogP contribution in [0.4, 0.5) is 0 Å². The molecular formula is C29H34ClN3O. The first kappa shape index (κ1) is 24.4. The molecule has 0 aliphatic heterocycles. The number of hydrogen-bond acceptors (Lipinski definition) is 3. The molecular weight excluding hydrogens is 442 g/mol. The molecule has 0 N–H and O–H groups in total. The average molecular weight is 476 g/mol. The number of hydrogen-bond donors (Lipinski definition) is 0. The van der Waals surface area contributed by atoms with E-state index in [4.69, 9.17) is 11.6 Å². The molecule has 1 aliphatic carbocycles. The first-order chi connectivity index (χ1) is 16.3. The Morgan fingerprint density at radius 3 is 2.44 bits per heavy atom. The van der Waals surface area contributed by atoms with E-state index in [1.165, 1.54) is 16.7 Å². The van der Waals surface area contributed by atoms with Gasteiger partial charge < -0.3 is 9.80 Å². The van der Waals surface area contributed by atoms with E-state index >= 15 is 0 Å². The van der Waals surface area contributed by atoms with Gasteiger partial charge in [0.15, 0.2) is 0 Å². The van der Waals surface area contributed by atoms with Crippen molar-refractivity contribution in [3.05, 3.63) is 88.2 Å². The van der Waals surface area contributed by atoms with Gasteiger partial charge >= 0.3 is 0 Å². The molecule has 2 aromatic carbocycles. The van der Waals surface area contributed by atoms with E-state index in [0.717, 1.165) is 43.5 Å². The van der Waals surface area contributed by atoms with Crippen molar-refractivity contribution in [1.82, 2.24) is 14.8 Å². The number of fused-ring (bicyclic) bond motifs is 1. The number of aryl methyl sites for hydroxylation is 1. The zero-order valence-electron chi connectivity index (χ0n) is 20.6. The molecule has 1 aliphatic rings. The van der Waals surface area contributed by atoms with Crippen LogP contribution in [0, 0.1) is 5.92 Å². The Balaban J connectivity index is 1.40. The Morgan fingerprint density at radius 2 is 1.76 bits per heavy atom. The Labute approximate surface area is 208 Å². The van der Waals surface area contributed by atoms with Crippen molar-refractivity contribution in [3.8, 4) is 11.1 Å². The molecule has 5 heteroatoms. The lowest BCUT2D eigenvalue weighted by molar-refractivity contribution is 0.0713. The van der Waals surface area contributed by atoms with Gasteiger partial charge in [0.2, 0.25) is 0 Å². The lowest BCUT2D eigenvalue weighted by atomic mass is 9.86. The monoisotopic (exact) mass is 475 g/mol. The fraction of sp³-hybridized carbons (Fsp3) is 0.379. The van der Waals surface area contributed by atoms with Gasteiger partial charge in [-0.25, -0.2) is 0 Å². The minimum Gasteiger partial charge on any atom is -0.337 e. The minimum atomic E-state index is -0.0250. The van der Waals surface area contributed by atoms with Crippen LogP contribution in [-0.2, 0) is 19.4 Å². The number of carbonyl (C=O) groups excluding carboxylic acids is 1. The Hall–Kier alpha value is -2.69. The molecule has 178 valence electrons. The standard InChI is InChI=1S/C29H34ClN3O/c1-20(2)18-32(3)19-21-5-6-24-16-27(13-9-23(24)15-21)33(4)29(34)28-14-10-25(17-31-28)22-7-11-26(30)12-8-22/h5-8,10-12,14-15,17,20,27H,9,13,16,18-19H2,1-4H3. The SMILES string of the molecule is CC(C)CN(C)Cc1ccc2c(c1)CCC(N(C)C(=O)c1ccc(-c3ccc(Cl)cc3)cn1)C2. The van der Waals surface area contributed by atoms with E-state index in [1.54, 1.807) is 6.20 Å². The van der Waals surface area contributed by atoms with Crippen LogP contribution >= 0.6 is 11.6 Å². The van der Waals surface area contributed by atoms with Gasteiger partial charge in [-0.3, -0.25) is 9.78 Å². The third-order valence-corrected chi connectivity index (χ3v) is 6.88. The van der Waals surface area contributed by atoms with E-state index in [0.29, 0.717) is 16.6 Å². The molecule has 0 fully saturated rings. The zero-order chi connectivity index (χ0) is 24.2. The highest BCUT2D eigenvalue weighted by atomic mass is 35.5. The zero-order valence-corrected chi connectivity index (χ0v) is 21.3. The molecule has 0 saturated carbocycles. The van der Waals surface area contributed by atoms with Gasteiger partial charge in [0.1, 0.15) is 5.69 Å². The predicted octanol–water partition coefficient (Wildman–Crippen LogP) is 6.12. The van der Waals surface area contributed by atoms with Gasteiger partial charge in [0.05, 0.1) is 0 Å². The van der Waals surface area contributed by atoms with Crippen molar-refractivity contribution < 1.29 is 4.79 Å². The second-order valence-electron chi connectivity index (χ2n) is 9.95. The fourth-order valence-electron chi connectivity index (χ4n) is 4.90. The molecule has 0 bridgehead atoms. The summed E-state index contributed by atoms with van der Waals surface area (Å²) in [6, 6.07) is 18.5. The number of aromatic nitrogens is 1. The summed E-state index contributed by atoms with van der Waals surface area (Å²) in [4.78, 5) is 21.9. The number of pyridine rings is 1. The number of rotatable bonds is 7. The molecule has 34 heavy (non-hydrogen) atoms. The van der Waals surface area contributed by atoms with Crippen molar-refractivity contribution in [2.45, 2.75) is 45.7 Å². The quantitative estimate of drug-likeness (QED) is 0.413. The van der Waals surface area contributed by atoms with E-state index < -0.39 is 0 Å². The van der Waals surface area contributed by atoms with E-state index in [-0.39, 0.29) is 11.9 Å². The van der Waals surface area contributed by atoms with Crippen LogP contribution in [-0.4, -0.2) is 47.4 Å². The van der Waals surface area contributed by atoms with Gasteiger partial charge in [-0.1, -0.05) is 61.8 Å². The lowest BCUT2D eigenvalue weighted by Gasteiger charge is -2.32. The number of halogens is 1. The maximum absolute atomic E-state index is 13.2. The number of nitrogens with zero attached hydrogens (tertiary/aromatic N) is 3. The van der Waals surface area contributed by atoms with Gasteiger partial charge in [0.25, 0.3) is 5.91 Å². The number of likely N-dealkylation sites (N-methyl/N-ethyl adjacent to an activating group) is 1. The predicted molar refractivity (Wildman–Crippen MR) is 140 cm³/mol. The van der Waals surface area contributed by atoms with Crippen LogP contribution in [0.5, 0.6) is 0 Å². The highest BCUT2D eigenvalue weighted by Gasteiger charge is 2.26. The van der Waals surface area contributed by atoms with Crippen molar-refractivity contribution in [3.63, 3.8) is 0 Å². The Kier molecular flexibility index (Phi) is 7.70. The molecule has 4 rings (SSSR count). The van der Waals surface area contributed by atoms with Crippen LogP contribution in [0.1, 0.15) is 47.4 Å². The number of carbonyl (C=O) groups is 1. The summed E-state index contributed by atoms with van der Waals surface area (Å²) in [5.74, 6) is 0.641. The summed E-state index contributed by atoms with van der Waals surface area (Å²) < 4.78 is 0. The highest BCUT2D eigenvalue weighted by Crippen LogP contribution is 2.27. The van der Waals surface area contributed by atoms with Crippen molar-refractivity contribution in [1.29, 1.82) is 0 Å². The van der Waals surface area contributed by atoms with Crippen molar-refractivity contribution in [2.75, 3.05) is 20.6 Å². The maximum Gasteiger partial charge on any atom is 0.272 e. The second-order valence-corrected chi connectivity index (χ2v) is 10.4. The van der Waals surface area contributed by atoms with Gasteiger partial charge in [-0.15, -0.1) is 0 Å². The van der Waals surface area contributed by atoms with E-state index in [9.17, 15) is 4.79 Å². The highest BCUT2D eigenvalue weighted by molar-refractivity contribution is 6.30. The third-order valence-electron chi connectivity index (χ3n) is 6.63. The lowest BCUT2D eigenvalue weighted by Crippen LogP contribution is -2.41. The molecule has 1 aromatic heterocycles. The van der Waals surface area contributed by atoms with Crippen molar-refractivity contribution in [2.24, 2.45) is 5.92 Å². The number of amides is 1. The molecule has 1 heterocycles. The summed E-state index contributed by atoms with van der Waals surface area (Å²) in [5, 5.41) is 0.703. The van der Waals surface area contributed by atoms with Crippen LogP contribution in [0.15, 0.2) is 60.8 Å². The Bertz CT molecular complexity index is 1130. The molecule has 1 atom stereocenters.